The van der Waals surface area contributed by atoms with Crippen molar-refractivity contribution in [2.24, 2.45) is 5.92 Å². The molecule has 1 aliphatic carbocycles. The largest absolute Gasteiger partial charge is 0.493 e. The van der Waals surface area contributed by atoms with Gasteiger partial charge >= 0.3 is 5.97 Å². The van der Waals surface area contributed by atoms with E-state index in [9.17, 15) is 9.59 Å². The highest BCUT2D eigenvalue weighted by Crippen LogP contribution is 2.39. The number of rotatable bonds is 8. The monoisotopic (exact) mass is 466 g/mol. The highest BCUT2D eigenvalue weighted by molar-refractivity contribution is 5.72. The summed E-state index contributed by atoms with van der Waals surface area (Å²) in [5, 5.41) is 4.79. The normalized spacial score (nSPS) is 18.2. The molecule has 1 aromatic carbocycles. The Labute approximate surface area is 199 Å². The molecule has 1 aliphatic rings. The Kier molecular flexibility index (Phi) is 7.34. The zero-order chi connectivity index (χ0) is 24.2. The Bertz CT molecular complexity index is 1220. The molecular formula is C26H34N4O4. The maximum Gasteiger partial charge on any atom is 0.308 e. The summed E-state index contributed by atoms with van der Waals surface area (Å²) >= 11 is 0. The zero-order valence-electron chi connectivity index (χ0n) is 20.5. The molecule has 182 valence electrons. The number of H-pyrrole nitrogens is 1. The van der Waals surface area contributed by atoms with Crippen LogP contribution in [-0.2, 0) is 16.0 Å². The number of carbonyl (C=O) groups is 1. The third-order valence-electron chi connectivity index (χ3n) is 6.59. The first-order chi connectivity index (χ1) is 16.5. The van der Waals surface area contributed by atoms with E-state index in [1.807, 2.05) is 26.8 Å². The summed E-state index contributed by atoms with van der Waals surface area (Å²) < 4.78 is 12.8. The van der Waals surface area contributed by atoms with E-state index in [-0.39, 0.29) is 17.4 Å². The lowest BCUT2D eigenvalue weighted by atomic mass is 9.78. The lowest BCUT2D eigenvalue weighted by Crippen LogP contribution is -2.23. The van der Waals surface area contributed by atoms with E-state index in [4.69, 9.17) is 14.6 Å². The van der Waals surface area contributed by atoms with Crippen LogP contribution in [0.1, 0.15) is 75.9 Å². The molecule has 0 saturated heterocycles. The Morgan fingerprint density at radius 3 is 2.59 bits per heavy atom. The third-order valence-corrected chi connectivity index (χ3v) is 6.59. The second-order valence-corrected chi connectivity index (χ2v) is 8.92. The van der Waals surface area contributed by atoms with Crippen LogP contribution in [0.25, 0.3) is 16.9 Å². The van der Waals surface area contributed by atoms with Gasteiger partial charge in [-0.1, -0.05) is 13.0 Å². The van der Waals surface area contributed by atoms with Gasteiger partial charge in [0.2, 0.25) is 0 Å². The van der Waals surface area contributed by atoms with Gasteiger partial charge in [0.25, 0.3) is 5.56 Å². The van der Waals surface area contributed by atoms with Crippen molar-refractivity contribution in [2.75, 3.05) is 13.2 Å². The first kappa shape index (κ1) is 24.0. The summed E-state index contributed by atoms with van der Waals surface area (Å²) in [6, 6.07) is 6.13. The number of fused-ring (bicyclic) bond motifs is 1. The number of imidazole rings is 1. The molecule has 8 nitrogen and oxygen atoms in total. The minimum atomic E-state index is -0.208. The predicted octanol–water partition coefficient (Wildman–Crippen LogP) is 4.58. The number of nitrogens with one attached hydrogen (secondary N) is 1. The highest BCUT2D eigenvalue weighted by atomic mass is 16.5. The highest BCUT2D eigenvalue weighted by Gasteiger charge is 2.28. The summed E-state index contributed by atoms with van der Waals surface area (Å²) in [5.74, 6) is 2.18. The fourth-order valence-corrected chi connectivity index (χ4v) is 4.93. The average molecular weight is 467 g/mol. The molecule has 1 fully saturated rings. The second-order valence-electron chi connectivity index (χ2n) is 8.92. The van der Waals surface area contributed by atoms with Crippen LogP contribution in [0.2, 0.25) is 0 Å². The molecule has 0 aliphatic heterocycles. The fourth-order valence-electron chi connectivity index (χ4n) is 4.93. The van der Waals surface area contributed by atoms with Crippen LogP contribution in [0.3, 0.4) is 0 Å². The van der Waals surface area contributed by atoms with E-state index >= 15 is 0 Å². The Morgan fingerprint density at radius 2 is 1.91 bits per heavy atom. The Balaban J connectivity index is 1.70. The van der Waals surface area contributed by atoms with Crippen molar-refractivity contribution in [2.45, 2.75) is 72.1 Å². The van der Waals surface area contributed by atoms with Crippen LogP contribution in [0.15, 0.2) is 23.0 Å². The van der Waals surface area contributed by atoms with E-state index in [2.05, 4.69) is 29.0 Å². The number of ether oxygens (including phenoxy) is 2. The van der Waals surface area contributed by atoms with Crippen molar-refractivity contribution in [1.82, 2.24) is 19.6 Å². The molecule has 2 heterocycles. The molecule has 0 amide bonds. The lowest BCUT2D eigenvalue weighted by molar-refractivity contribution is -0.149. The lowest BCUT2D eigenvalue weighted by Gasteiger charge is -2.28. The molecule has 0 atom stereocenters. The molecule has 3 aromatic rings. The summed E-state index contributed by atoms with van der Waals surface area (Å²) in [7, 11) is 0. The first-order valence-electron chi connectivity index (χ1n) is 12.4. The average Bonchev–Trinajstić information content (AvgIpc) is 3.15. The Morgan fingerprint density at radius 1 is 1.15 bits per heavy atom. The predicted molar refractivity (Wildman–Crippen MR) is 130 cm³/mol. The maximum atomic E-state index is 13.0. The topological polar surface area (TPSA) is 98.6 Å². The maximum absolute atomic E-state index is 13.0. The van der Waals surface area contributed by atoms with Gasteiger partial charge in [0, 0.05) is 6.42 Å². The van der Waals surface area contributed by atoms with Crippen molar-refractivity contribution in [3.8, 4) is 17.1 Å². The molecule has 1 saturated carbocycles. The molecule has 0 unspecified atom stereocenters. The van der Waals surface area contributed by atoms with Crippen LogP contribution in [0.5, 0.6) is 5.75 Å². The van der Waals surface area contributed by atoms with Gasteiger partial charge in [-0.05, 0) is 76.5 Å². The van der Waals surface area contributed by atoms with Gasteiger partial charge in [-0.25, -0.2) is 9.50 Å². The van der Waals surface area contributed by atoms with E-state index in [0.29, 0.717) is 41.9 Å². The number of hydrogen-bond donors (Lipinski definition) is 1. The van der Waals surface area contributed by atoms with Crippen molar-refractivity contribution in [3.05, 3.63) is 45.6 Å². The number of hydrogen-bond acceptors (Lipinski definition) is 6. The molecule has 34 heavy (non-hydrogen) atoms. The number of aromatic nitrogens is 4. The number of nitrogens with zero attached hydrogens (tertiary/aromatic N) is 3. The van der Waals surface area contributed by atoms with Gasteiger partial charge in [0.1, 0.15) is 11.6 Å². The standard InChI is InChI=1S/C26H34N4O4/c1-5-8-22-27-16(4)23-25(31)28-24(29-30(22)23)20-15-19(13-14-21(20)33-6-2)17-9-11-18(12-10-17)26(32)34-7-3/h13-15,17-18H,5-12H2,1-4H3,(H,28,29,31). The summed E-state index contributed by atoms with van der Waals surface area (Å²) in [4.78, 5) is 32.6. The van der Waals surface area contributed by atoms with Gasteiger partial charge < -0.3 is 14.5 Å². The number of aryl methyl sites for hydroxylation is 2. The van der Waals surface area contributed by atoms with Gasteiger partial charge in [-0.15, -0.1) is 5.10 Å². The summed E-state index contributed by atoms with van der Waals surface area (Å²) in [5.41, 5.74) is 2.89. The third kappa shape index (κ3) is 4.72. The molecule has 4 rings (SSSR count). The first-order valence-corrected chi connectivity index (χ1v) is 12.4. The molecular weight excluding hydrogens is 432 g/mol. The molecule has 8 heteroatoms. The molecule has 0 spiro atoms. The number of esters is 1. The van der Waals surface area contributed by atoms with Crippen LogP contribution in [0.4, 0.5) is 0 Å². The van der Waals surface area contributed by atoms with Crippen LogP contribution >= 0.6 is 0 Å². The molecule has 2 aromatic heterocycles. The minimum Gasteiger partial charge on any atom is -0.493 e. The van der Waals surface area contributed by atoms with E-state index in [0.717, 1.165) is 49.9 Å². The van der Waals surface area contributed by atoms with Crippen LogP contribution < -0.4 is 10.3 Å². The van der Waals surface area contributed by atoms with E-state index in [1.165, 1.54) is 5.56 Å². The van der Waals surface area contributed by atoms with Crippen molar-refractivity contribution < 1.29 is 14.3 Å². The fraction of sp³-hybridized carbons (Fsp3) is 0.538. The van der Waals surface area contributed by atoms with Crippen LogP contribution in [-0.4, -0.2) is 38.8 Å². The summed E-state index contributed by atoms with van der Waals surface area (Å²) in [6.07, 6.45) is 5.13. The second kappa shape index (κ2) is 10.4. The molecule has 0 radical (unpaired) electrons. The SMILES string of the molecule is CCCc1nc(C)c2c(=O)[nH]c(-c3cc(C4CCC(C(=O)OCC)CC4)ccc3OCC)nn12. The minimum absolute atomic E-state index is 0.0136. The number of carbonyl (C=O) groups excluding carboxylic acids is 1. The smallest absolute Gasteiger partial charge is 0.308 e. The van der Waals surface area contributed by atoms with Crippen molar-refractivity contribution in [1.29, 1.82) is 0 Å². The quantitative estimate of drug-likeness (QED) is 0.488. The number of benzene rings is 1. The van der Waals surface area contributed by atoms with Crippen molar-refractivity contribution >= 4 is 11.5 Å². The van der Waals surface area contributed by atoms with Crippen LogP contribution in [0, 0.1) is 12.8 Å². The Hall–Kier alpha value is -3.16. The molecule has 1 N–H and O–H groups in total. The van der Waals surface area contributed by atoms with E-state index in [1.54, 1.807) is 4.52 Å². The van der Waals surface area contributed by atoms with Gasteiger partial charge in [-0.2, -0.15) is 0 Å². The van der Waals surface area contributed by atoms with Gasteiger partial charge in [0.15, 0.2) is 11.3 Å². The number of aromatic amines is 1. The van der Waals surface area contributed by atoms with Crippen molar-refractivity contribution in [3.63, 3.8) is 0 Å². The van der Waals surface area contributed by atoms with E-state index < -0.39 is 0 Å². The summed E-state index contributed by atoms with van der Waals surface area (Å²) in [6.45, 7) is 8.63. The van der Waals surface area contributed by atoms with Gasteiger partial charge in [-0.3, -0.25) is 9.59 Å². The molecule has 0 bridgehead atoms. The van der Waals surface area contributed by atoms with Gasteiger partial charge in [0.05, 0.1) is 30.4 Å². The zero-order valence-corrected chi connectivity index (χ0v) is 20.5.